The zero-order valence-electron chi connectivity index (χ0n) is 20.7. The Morgan fingerprint density at radius 2 is 1.47 bits per heavy atom. The third-order valence-electron chi connectivity index (χ3n) is 4.92. The molecule has 0 spiro atoms. The summed E-state index contributed by atoms with van der Waals surface area (Å²) in [7, 11) is 2.68. The predicted octanol–water partition coefficient (Wildman–Crippen LogP) is 0.551. The number of ether oxygens (including phenoxy) is 7. The van der Waals surface area contributed by atoms with Crippen LogP contribution in [0, 0.1) is 0 Å². The molecule has 1 fully saturated rings. The lowest BCUT2D eigenvalue weighted by Crippen LogP contribution is -2.67. The maximum Gasteiger partial charge on any atom is 0.303 e. The molecule has 1 amide bonds. The number of methoxy groups -OCH3 is 2. The Morgan fingerprint density at radius 1 is 0.917 bits per heavy atom. The van der Waals surface area contributed by atoms with E-state index >= 15 is 0 Å². The minimum Gasteiger partial charge on any atom is -0.493 e. The Balaban J connectivity index is 2.60. The number of carbonyl (C=O) groups is 5. The molecule has 2 rings (SSSR count). The fraction of sp³-hybridized carbons (Fsp3) is 0.522. The molecule has 198 valence electrons. The lowest BCUT2D eigenvalue weighted by Gasteiger charge is -2.44. The zero-order chi connectivity index (χ0) is 27.0. The number of hydrogen-bond acceptors (Lipinski definition) is 12. The first-order valence-corrected chi connectivity index (χ1v) is 10.8. The number of amides is 1. The van der Waals surface area contributed by atoms with Gasteiger partial charge in [0.1, 0.15) is 25.0 Å². The van der Waals surface area contributed by atoms with Crippen molar-refractivity contribution in [1.82, 2.24) is 5.32 Å². The number of benzene rings is 1. The first-order valence-electron chi connectivity index (χ1n) is 10.8. The molecule has 36 heavy (non-hydrogen) atoms. The molecule has 0 saturated carbocycles. The molecule has 0 unspecified atom stereocenters. The topological polar surface area (TPSA) is 162 Å². The van der Waals surface area contributed by atoms with E-state index in [1.165, 1.54) is 40.2 Å². The first-order chi connectivity index (χ1) is 17.0. The molecule has 1 aliphatic heterocycles. The average molecular weight is 511 g/mol. The Bertz CT molecular complexity index is 968. The molecular weight excluding hydrogens is 482 g/mol. The monoisotopic (exact) mass is 511 g/mol. The number of hydrogen-bond donors (Lipinski definition) is 1. The van der Waals surface area contributed by atoms with Crippen molar-refractivity contribution in [3.8, 4) is 17.2 Å². The van der Waals surface area contributed by atoms with E-state index in [9.17, 15) is 24.0 Å². The molecule has 13 heteroatoms. The predicted molar refractivity (Wildman–Crippen MR) is 120 cm³/mol. The van der Waals surface area contributed by atoms with Gasteiger partial charge in [-0.2, -0.15) is 0 Å². The minimum absolute atomic E-state index is 0.00435. The van der Waals surface area contributed by atoms with Gasteiger partial charge in [-0.3, -0.25) is 24.0 Å². The van der Waals surface area contributed by atoms with Gasteiger partial charge in [0.25, 0.3) is 0 Å². The average Bonchev–Trinajstić information content (AvgIpc) is 2.80. The fourth-order valence-electron chi connectivity index (χ4n) is 3.59. The molecule has 5 atom stereocenters. The highest BCUT2D eigenvalue weighted by Gasteiger charge is 2.52. The quantitative estimate of drug-likeness (QED) is 0.264. The molecule has 1 saturated heterocycles. The van der Waals surface area contributed by atoms with Crippen LogP contribution in [0.25, 0.3) is 0 Å². The Kier molecular flexibility index (Phi) is 10.0. The van der Waals surface area contributed by atoms with E-state index in [1.54, 1.807) is 0 Å². The highest BCUT2D eigenvalue weighted by Crippen LogP contribution is 2.40. The summed E-state index contributed by atoms with van der Waals surface area (Å²) in [5, 5.41) is 2.59. The van der Waals surface area contributed by atoms with E-state index in [0.717, 1.165) is 13.8 Å². The second-order valence-electron chi connectivity index (χ2n) is 7.71. The van der Waals surface area contributed by atoms with Crippen LogP contribution < -0.4 is 19.5 Å². The van der Waals surface area contributed by atoms with Crippen molar-refractivity contribution in [2.45, 2.75) is 58.3 Å². The molecule has 0 aromatic heterocycles. The summed E-state index contributed by atoms with van der Waals surface area (Å²) in [5.41, 5.74) is 0.236. The van der Waals surface area contributed by atoms with Crippen molar-refractivity contribution in [2.75, 3.05) is 20.8 Å². The molecule has 1 aromatic rings. The van der Waals surface area contributed by atoms with Crippen LogP contribution in [0.2, 0.25) is 0 Å². The zero-order valence-corrected chi connectivity index (χ0v) is 20.7. The van der Waals surface area contributed by atoms with Crippen LogP contribution in [0.5, 0.6) is 17.2 Å². The maximum atomic E-state index is 12.1. The van der Waals surface area contributed by atoms with Crippen molar-refractivity contribution in [3.05, 3.63) is 17.7 Å². The van der Waals surface area contributed by atoms with Gasteiger partial charge in [-0.1, -0.05) is 0 Å². The van der Waals surface area contributed by atoms with Gasteiger partial charge < -0.3 is 38.5 Å². The van der Waals surface area contributed by atoms with E-state index in [4.69, 9.17) is 33.2 Å². The van der Waals surface area contributed by atoms with Crippen molar-refractivity contribution in [1.29, 1.82) is 0 Å². The Labute approximate surface area is 207 Å². The number of carbonyl (C=O) groups excluding carboxylic acids is 5. The van der Waals surface area contributed by atoms with Crippen LogP contribution >= 0.6 is 0 Å². The summed E-state index contributed by atoms with van der Waals surface area (Å²) in [4.78, 5) is 58.7. The highest BCUT2D eigenvalue weighted by atomic mass is 16.7. The molecule has 1 heterocycles. The Hall–Kier alpha value is -3.87. The van der Waals surface area contributed by atoms with Gasteiger partial charge in [0.15, 0.2) is 23.7 Å². The molecular formula is C23H29NO12. The summed E-state index contributed by atoms with van der Waals surface area (Å²) in [6.07, 6.45) is -4.55. The normalized spacial score (nSPS) is 23.0. The van der Waals surface area contributed by atoms with Crippen LogP contribution in [-0.4, -0.2) is 81.6 Å². The van der Waals surface area contributed by atoms with Crippen LogP contribution in [0.3, 0.4) is 0 Å². The van der Waals surface area contributed by atoms with Crippen molar-refractivity contribution < 1.29 is 57.1 Å². The second-order valence-corrected chi connectivity index (χ2v) is 7.71. The van der Waals surface area contributed by atoms with Gasteiger partial charge in [0.2, 0.25) is 17.9 Å². The number of nitrogens with one attached hydrogen (secondary N) is 1. The summed E-state index contributed by atoms with van der Waals surface area (Å²) in [6.45, 7) is 4.26. The van der Waals surface area contributed by atoms with Gasteiger partial charge in [0, 0.05) is 33.3 Å². The lowest BCUT2D eigenvalue weighted by molar-refractivity contribution is -0.257. The standard InChI is InChI=1S/C23H29NO12/c1-11(26)24-19-22(34-14(4)29)21(33-13(3)28)18(10-32-12(2)27)35-23(19)36-20-16(30-5)7-15(9-25)8-17(20)31-6/h7-9,18-19,21-23H,10H2,1-6H3,(H,24,26)/t18-,19-,21-,22-,23+/m1/s1. The van der Waals surface area contributed by atoms with Gasteiger partial charge >= 0.3 is 17.9 Å². The maximum absolute atomic E-state index is 12.1. The van der Waals surface area contributed by atoms with Gasteiger partial charge in [-0.05, 0) is 12.1 Å². The SMILES string of the molecule is COc1cc(C=O)cc(OC)c1O[C@@H]1O[C@H](COC(C)=O)[C@@H](OC(C)=O)[C@H](OC(C)=O)[C@H]1NC(C)=O. The Morgan fingerprint density at radius 3 is 1.92 bits per heavy atom. The fourth-order valence-corrected chi connectivity index (χ4v) is 3.59. The van der Waals surface area contributed by atoms with E-state index in [0.29, 0.717) is 6.29 Å². The van der Waals surface area contributed by atoms with Crippen LogP contribution in [-0.2, 0) is 38.1 Å². The van der Waals surface area contributed by atoms with Gasteiger partial charge in [0.05, 0.1) is 14.2 Å². The number of aldehydes is 1. The molecule has 0 bridgehead atoms. The smallest absolute Gasteiger partial charge is 0.303 e. The van der Waals surface area contributed by atoms with E-state index in [1.807, 2.05) is 0 Å². The summed E-state index contributed by atoms with van der Waals surface area (Å²) in [5.74, 6) is -2.45. The van der Waals surface area contributed by atoms with Crippen molar-refractivity contribution >= 4 is 30.1 Å². The third kappa shape index (κ3) is 7.31. The van der Waals surface area contributed by atoms with Crippen molar-refractivity contribution in [3.63, 3.8) is 0 Å². The number of rotatable bonds is 10. The molecule has 13 nitrogen and oxygen atoms in total. The van der Waals surface area contributed by atoms with E-state index in [2.05, 4.69) is 5.32 Å². The summed E-state index contributed by atoms with van der Waals surface area (Å²) < 4.78 is 38.5. The summed E-state index contributed by atoms with van der Waals surface area (Å²) >= 11 is 0. The minimum atomic E-state index is -1.39. The highest BCUT2D eigenvalue weighted by molar-refractivity contribution is 5.78. The molecule has 0 aliphatic carbocycles. The summed E-state index contributed by atoms with van der Waals surface area (Å²) in [6, 6.07) is 1.58. The molecule has 1 N–H and O–H groups in total. The van der Waals surface area contributed by atoms with Crippen LogP contribution in [0.4, 0.5) is 0 Å². The molecule has 1 aromatic carbocycles. The molecule has 1 aliphatic rings. The third-order valence-corrected chi connectivity index (χ3v) is 4.92. The van der Waals surface area contributed by atoms with E-state index < -0.39 is 61.1 Å². The number of esters is 3. The molecule has 0 radical (unpaired) electrons. The van der Waals surface area contributed by atoms with Crippen molar-refractivity contribution in [2.24, 2.45) is 0 Å². The van der Waals surface area contributed by atoms with E-state index in [-0.39, 0.29) is 22.8 Å². The van der Waals surface area contributed by atoms with Crippen LogP contribution in [0.1, 0.15) is 38.1 Å². The van der Waals surface area contributed by atoms with Gasteiger partial charge in [-0.15, -0.1) is 0 Å². The first kappa shape index (κ1) is 28.4. The largest absolute Gasteiger partial charge is 0.493 e. The lowest BCUT2D eigenvalue weighted by atomic mass is 9.96. The van der Waals surface area contributed by atoms with Gasteiger partial charge in [-0.25, -0.2) is 0 Å². The second kappa shape index (κ2) is 12.7. The van der Waals surface area contributed by atoms with Crippen LogP contribution in [0.15, 0.2) is 12.1 Å².